The van der Waals surface area contributed by atoms with Crippen LogP contribution in [0.3, 0.4) is 0 Å². The number of hydrogen-bond donors (Lipinski definition) is 2. The summed E-state index contributed by atoms with van der Waals surface area (Å²) in [5.74, 6) is -2.36. The normalized spacial score (nSPS) is 12.3. The molecule has 0 spiro atoms. The van der Waals surface area contributed by atoms with Crippen LogP contribution in [0.1, 0.15) is 6.42 Å². The van der Waals surface area contributed by atoms with Gasteiger partial charge >= 0.3 is 11.9 Å². The molecular formula is C12H12N2O5. The van der Waals surface area contributed by atoms with Gasteiger partial charge in [0.25, 0.3) is 0 Å². The molecule has 0 aliphatic rings. The minimum Gasteiger partial charge on any atom is -0.481 e. The lowest BCUT2D eigenvalue weighted by Crippen LogP contribution is -2.40. The first-order valence-corrected chi connectivity index (χ1v) is 5.49. The van der Waals surface area contributed by atoms with Crippen LogP contribution < -0.4 is 4.90 Å². The van der Waals surface area contributed by atoms with Gasteiger partial charge in [0.05, 0.1) is 6.42 Å². The molecule has 1 heterocycles. The number of aliphatic carboxylic acids is 2. The minimum atomic E-state index is -1.19. The predicted molar refractivity (Wildman–Crippen MR) is 66.1 cm³/mol. The number of carboxylic acids is 2. The molecule has 2 N–H and O–H groups in total. The number of oxazole rings is 1. The molecule has 7 heteroatoms. The van der Waals surface area contributed by atoms with Gasteiger partial charge in [-0.1, -0.05) is 0 Å². The van der Waals surface area contributed by atoms with Gasteiger partial charge in [-0.05, 0) is 12.1 Å². The number of carbonyl (C=O) groups is 2. The van der Waals surface area contributed by atoms with E-state index in [1.165, 1.54) is 18.3 Å². The van der Waals surface area contributed by atoms with Gasteiger partial charge in [-0.15, -0.1) is 0 Å². The van der Waals surface area contributed by atoms with Crippen LogP contribution in [0.5, 0.6) is 0 Å². The van der Waals surface area contributed by atoms with Crippen molar-refractivity contribution in [1.29, 1.82) is 0 Å². The number of nitrogens with zero attached hydrogens (tertiary/aromatic N) is 2. The first-order chi connectivity index (χ1) is 8.99. The summed E-state index contributed by atoms with van der Waals surface area (Å²) in [7, 11) is 1.53. The summed E-state index contributed by atoms with van der Waals surface area (Å²) in [4.78, 5) is 27.2. The Bertz CT molecular complexity index is 621. The number of fused-ring (bicyclic) bond motifs is 1. The van der Waals surface area contributed by atoms with Gasteiger partial charge in [-0.25, -0.2) is 9.78 Å². The van der Waals surface area contributed by atoms with E-state index in [4.69, 9.17) is 14.6 Å². The minimum absolute atomic E-state index is 0.486. The van der Waals surface area contributed by atoms with Gasteiger partial charge in [-0.2, -0.15) is 0 Å². The van der Waals surface area contributed by atoms with Gasteiger partial charge in [0.2, 0.25) is 0 Å². The van der Waals surface area contributed by atoms with Crippen LogP contribution in [0, 0.1) is 0 Å². The van der Waals surface area contributed by atoms with E-state index in [-0.39, 0.29) is 0 Å². The molecule has 0 fully saturated rings. The van der Waals surface area contributed by atoms with Gasteiger partial charge < -0.3 is 19.5 Å². The lowest BCUT2D eigenvalue weighted by atomic mass is 10.1. The highest BCUT2D eigenvalue weighted by Crippen LogP contribution is 2.22. The number of benzene rings is 1. The molecule has 0 bridgehead atoms. The molecule has 1 atom stereocenters. The van der Waals surface area contributed by atoms with Crippen LogP contribution in [0.2, 0.25) is 0 Å². The zero-order valence-corrected chi connectivity index (χ0v) is 10.1. The Morgan fingerprint density at radius 2 is 2.16 bits per heavy atom. The zero-order chi connectivity index (χ0) is 14.0. The summed E-state index contributed by atoms with van der Waals surface area (Å²) in [5.41, 5.74) is 1.73. The van der Waals surface area contributed by atoms with Crippen LogP contribution in [0.15, 0.2) is 29.0 Å². The van der Waals surface area contributed by atoms with Crippen molar-refractivity contribution >= 4 is 28.7 Å². The standard InChI is InChI=1S/C12H12N2O5/c1-14(9(12(17)18)5-11(15)16)7-2-3-8-10(4-7)19-6-13-8/h2-4,6,9H,5H2,1H3,(H,15,16)(H,17,18). The van der Waals surface area contributed by atoms with E-state index in [0.29, 0.717) is 16.8 Å². The number of carboxylic acid groups (broad SMARTS) is 2. The average Bonchev–Trinajstić information content (AvgIpc) is 2.81. The molecule has 0 radical (unpaired) electrons. The lowest BCUT2D eigenvalue weighted by Gasteiger charge is -2.25. The molecule has 2 rings (SSSR count). The van der Waals surface area contributed by atoms with Crippen LogP contribution in [0.25, 0.3) is 11.1 Å². The van der Waals surface area contributed by atoms with Gasteiger partial charge in [-0.3, -0.25) is 4.79 Å². The summed E-state index contributed by atoms with van der Waals surface area (Å²) in [6, 6.07) is 3.84. The quantitative estimate of drug-likeness (QED) is 0.835. The maximum Gasteiger partial charge on any atom is 0.326 e. The van der Waals surface area contributed by atoms with E-state index in [1.807, 2.05) is 0 Å². The topological polar surface area (TPSA) is 104 Å². The Labute approximate surface area is 108 Å². The molecule has 0 saturated heterocycles. The van der Waals surface area contributed by atoms with E-state index in [2.05, 4.69) is 4.98 Å². The Morgan fingerprint density at radius 1 is 1.42 bits per heavy atom. The fourth-order valence-corrected chi connectivity index (χ4v) is 1.80. The van der Waals surface area contributed by atoms with Crippen LogP contribution >= 0.6 is 0 Å². The van der Waals surface area contributed by atoms with E-state index >= 15 is 0 Å². The van der Waals surface area contributed by atoms with Crippen LogP contribution in [-0.2, 0) is 9.59 Å². The Balaban J connectivity index is 2.31. The van der Waals surface area contributed by atoms with Crippen molar-refractivity contribution in [3.05, 3.63) is 24.6 Å². The molecular weight excluding hydrogens is 252 g/mol. The highest BCUT2D eigenvalue weighted by molar-refractivity contribution is 5.85. The molecule has 100 valence electrons. The molecule has 0 saturated carbocycles. The second kappa shape index (κ2) is 4.97. The summed E-state index contributed by atoms with van der Waals surface area (Å²) >= 11 is 0. The van der Waals surface area contributed by atoms with Gasteiger partial charge in [0.15, 0.2) is 12.0 Å². The van der Waals surface area contributed by atoms with E-state index in [0.717, 1.165) is 0 Å². The predicted octanol–water partition coefficient (Wildman–Crippen LogP) is 1.19. The molecule has 7 nitrogen and oxygen atoms in total. The summed E-state index contributed by atoms with van der Waals surface area (Å²) in [6.07, 6.45) is 0.806. The van der Waals surface area contributed by atoms with Crippen molar-refractivity contribution in [2.45, 2.75) is 12.5 Å². The Hall–Kier alpha value is -2.57. The smallest absolute Gasteiger partial charge is 0.326 e. The van der Waals surface area contributed by atoms with Crippen molar-refractivity contribution in [3.63, 3.8) is 0 Å². The van der Waals surface area contributed by atoms with Gasteiger partial charge in [0.1, 0.15) is 11.6 Å². The molecule has 2 aromatic rings. The first kappa shape index (κ1) is 12.9. The van der Waals surface area contributed by atoms with Crippen molar-refractivity contribution < 1.29 is 24.2 Å². The number of rotatable bonds is 5. The molecule has 0 amide bonds. The maximum absolute atomic E-state index is 11.1. The highest BCUT2D eigenvalue weighted by atomic mass is 16.4. The highest BCUT2D eigenvalue weighted by Gasteiger charge is 2.26. The third-order valence-electron chi connectivity index (χ3n) is 2.84. The molecule has 1 aromatic heterocycles. The number of hydrogen-bond acceptors (Lipinski definition) is 5. The number of aromatic nitrogens is 1. The lowest BCUT2D eigenvalue weighted by molar-refractivity contribution is -0.145. The van der Waals surface area contributed by atoms with E-state index < -0.39 is 24.4 Å². The first-order valence-electron chi connectivity index (χ1n) is 5.49. The Morgan fingerprint density at radius 3 is 2.79 bits per heavy atom. The average molecular weight is 264 g/mol. The molecule has 1 aromatic carbocycles. The second-order valence-electron chi connectivity index (χ2n) is 4.07. The monoisotopic (exact) mass is 264 g/mol. The van der Waals surface area contributed by atoms with Crippen molar-refractivity contribution in [2.24, 2.45) is 0 Å². The van der Waals surface area contributed by atoms with Crippen LogP contribution in [0.4, 0.5) is 5.69 Å². The molecule has 1 unspecified atom stereocenters. The fourth-order valence-electron chi connectivity index (χ4n) is 1.80. The summed E-state index contributed by atoms with van der Waals surface area (Å²) in [6.45, 7) is 0. The SMILES string of the molecule is CN(c1ccc2ncoc2c1)C(CC(=O)O)C(=O)O. The van der Waals surface area contributed by atoms with Crippen molar-refractivity contribution in [1.82, 2.24) is 4.98 Å². The number of likely N-dealkylation sites (N-methyl/N-ethyl adjacent to an activating group) is 1. The second-order valence-corrected chi connectivity index (χ2v) is 4.07. The molecule has 0 aliphatic carbocycles. The number of anilines is 1. The van der Waals surface area contributed by atoms with Gasteiger partial charge in [0, 0.05) is 18.8 Å². The van der Waals surface area contributed by atoms with Crippen LogP contribution in [-0.4, -0.2) is 40.2 Å². The third-order valence-corrected chi connectivity index (χ3v) is 2.84. The third kappa shape index (κ3) is 2.65. The van der Waals surface area contributed by atoms with E-state index in [1.54, 1.807) is 18.2 Å². The van der Waals surface area contributed by atoms with E-state index in [9.17, 15) is 9.59 Å². The summed E-state index contributed by atoms with van der Waals surface area (Å²) < 4.78 is 5.13. The maximum atomic E-state index is 11.1. The fraction of sp³-hybridized carbons (Fsp3) is 0.250. The molecule has 19 heavy (non-hydrogen) atoms. The van der Waals surface area contributed by atoms with Crippen molar-refractivity contribution in [2.75, 3.05) is 11.9 Å². The molecule has 0 aliphatic heterocycles. The Kier molecular flexibility index (Phi) is 3.37. The zero-order valence-electron chi connectivity index (χ0n) is 10.1. The largest absolute Gasteiger partial charge is 0.481 e. The van der Waals surface area contributed by atoms with Crippen molar-refractivity contribution in [3.8, 4) is 0 Å². The summed E-state index contributed by atoms with van der Waals surface area (Å²) in [5, 5.41) is 17.8.